The second kappa shape index (κ2) is 9.01. The Hall–Kier alpha value is -2.12. The summed E-state index contributed by atoms with van der Waals surface area (Å²) in [6, 6.07) is 5.33. The van der Waals surface area contributed by atoms with Crippen LogP contribution in [0.1, 0.15) is 12.0 Å². The van der Waals surface area contributed by atoms with E-state index in [1.807, 2.05) is 4.90 Å². The van der Waals surface area contributed by atoms with E-state index in [9.17, 15) is 4.79 Å². The molecule has 1 rings (SSSR count). The van der Waals surface area contributed by atoms with Crippen LogP contribution in [0, 0.1) is 5.41 Å². The van der Waals surface area contributed by atoms with Gasteiger partial charge in [0.25, 0.3) is 0 Å². The number of aliphatic carboxylic acids is 1. The van der Waals surface area contributed by atoms with Gasteiger partial charge in [0.2, 0.25) is 0 Å². The summed E-state index contributed by atoms with van der Waals surface area (Å²) in [7, 11) is 1.51. The summed E-state index contributed by atoms with van der Waals surface area (Å²) in [6.07, 6.45) is -0.139. The Labute approximate surface area is 129 Å². The van der Waals surface area contributed by atoms with E-state index in [4.69, 9.17) is 25.5 Å². The number of ether oxygens (including phenoxy) is 1. The summed E-state index contributed by atoms with van der Waals surface area (Å²) in [6.45, 7) is 0.657. The molecule has 4 N–H and O–H groups in total. The lowest BCUT2D eigenvalue weighted by molar-refractivity contribution is -0.135. The zero-order chi connectivity index (χ0) is 16.5. The number of anilines is 1. The van der Waals surface area contributed by atoms with E-state index in [1.165, 1.54) is 7.11 Å². The number of nitrogens with one attached hydrogen (secondary N) is 1. The molecule has 0 atom stereocenters. The molecule has 7 heteroatoms. The fourth-order valence-electron chi connectivity index (χ4n) is 2.19. The zero-order valence-electron chi connectivity index (χ0n) is 12.6. The smallest absolute Gasteiger partial charge is 0.309 e. The normalized spacial score (nSPS) is 10.3. The average Bonchev–Trinajstić information content (AvgIpc) is 2.46. The van der Waals surface area contributed by atoms with Crippen molar-refractivity contribution in [1.29, 1.82) is 5.41 Å². The summed E-state index contributed by atoms with van der Waals surface area (Å²) in [5, 5.41) is 34.7. The summed E-state index contributed by atoms with van der Waals surface area (Å²) in [5.74, 6) is -0.464. The van der Waals surface area contributed by atoms with Gasteiger partial charge < -0.3 is 30.4 Å². The Bertz CT molecular complexity index is 513. The van der Waals surface area contributed by atoms with Gasteiger partial charge in [-0.05, 0) is 18.2 Å². The third-order valence-electron chi connectivity index (χ3n) is 3.14. The van der Waals surface area contributed by atoms with Crippen molar-refractivity contribution in [2.24, 2.45) is 0 Å². The molecule has 1 aromatic rings. The molecule has 0 fully saturated rings. The van der Waals surface area contributed by atoms with Gasteiger partial charge in [-0.2, -0.15) is 0 Å². The Morgan fingerprint density at radius 1 is 1.27 bits per heavy atom. The summed E-state index contributed by atoms with van der Waals surface area (Å²) in [5.41, 5.74) is 1.56. The SMILES string of the molecule is COc1ccc(N(CCO)CCO)cc1CC(=N)CC(=O)O. The van der Waals surface area contributed by atoms with Crippen LogP contribution in [-0.2, 0) is 11.2 Å². The molecule has 0 aromatic heterocycles. The summed E-state index contributed by atoms with van der Waals surface area (Å²) >= 11 is 0. The number of methoxy groups -OCH3 is 1. The standard InChI is InChI=1S/C15H22N2O5/c1-22-14-3-2-13(17(4-6-18)5-7-19)9-11(14)8-12(16)10-15(20)21/h2-3,9,16,18-19H,4-8,10H2,1H3,(H,20,21). The highest BCUT2D eigenvalue weighted by Crippen LogP contribution is 2.26. The lowest BCUT2D eigenvalue weighted by Crippen LogP contribution is -2.29. The van der Waals surface area contributed by atoms with Crippen LogP contribution in [-0.4, -0.2) is 60.4 Å². The highest BCUT2D eigenvalue weighted by molar-refractivity contribution is 5.97. The lowest BCUT2D eigenvalue weighted by atomic mass is 10.0. The van der Waals surface area contributed by atoms with Crippen LogP contribution in [0.2, 0.25) is 0 Å². The van der Waals surface area contributed by atoms with Gasteiger partial charge in [-0.25, -0.2) is 0 Å². The number of aliphatic hydroxyl groups is 2. The molecule has 0 unspecified atom stereocenters. The van der Waals surface area contributed by atoms with Crippen molar-refractivity contribution >= 4 is 17.4 Å². The highest BCUT2D eigenvalue weighted by Gasteiger charge is 2.13. The predicted molar refractivity (Wildman–Crippen MR) is 83.1 cm³/mol. The second-order valence-electron chi connectivity index (χ2n) is 4.78. The van der Waals surface area contributed by atoms with Crippen molar-refractivity contribution in [2.45, 2.75) is 12.8 Å². The zero-order valence-corrected chi connectivity index (χ0v) is 12.6. The van der Waals surface area contributed by atoms with Crippen LogP contribution in [0.25, 0.3) is 0 Å². The molecule has 0 radical (unpaired) electrons. The van der Waals surface area contributed by atoms with Crippen LogP contribution < -0.4 is 9.64 Å². The summed E-state index contributed by atoms with van der Waals surface area (Å²) in [4.78, 5) is 12.5. The molecule has 0 amide bonds. The van der Waals surface area contributed by atoms with E-state index >= 15 is 0 Å². The van der Waals surface area contributed by atoms with E-state index in [0.717, 1.165) is 5.69 Å². The number of hydrogen-bond donors (Lipinski definition) is 4. The average molecular weight is 310 g/mol. The molecule has 1 aromatic carbocycles. The largest absolute Gasteiger partial charge is 0.496 e. The number of benzene rings is 1. The molecule has 0 aliphatic carbocycles. The van der Waals surface area contributed by atoms with Crippen molar-refractivity contribution in [2.75, 3.05) is 38.3 Å². The molecule has 0 bridgehead atoms. The van der Waals surface area contributed by atoms with Gasteiger partial charge in [0.1, 0.15) is 5.75 Å². The van der Waals surface area contributed by atoms with Crippen LogP contribution in [0.5, 0.6) is 5.75 Å². The number of nitrogens with zero attached hydrogens (tertiary/aromatic N) is 1. The first-order chi connectivity index (χ1) is 10.5. The van der Waals surface area contributed by atoms with E-state index in [0.29, 0.717) is 24.4 Å². The molecular weight excluding hydrogens is 288 g/mol. The van der Waals surface area contributed by atoms with Crippen molar-refractivity contribution in [3.63, 3.8) is 0 Å². The van der Waals surface area contributed by atoms with E-state index in [-0.39, 0.29) is 31.8 Å². The molecule has 122 valence electrons. The topological polar surface area (TPSA) is 114 Å². The van der Waals surface area contributed by atoms with Crippen LogP contribution in [0.15, 0.2) is 18.2 Å². The minimum absolute atomic E-state index is 0.0454. The van der Waals surface area contributed by atoms with Crippen LogP contribution in [0.4, 0.5) is 5.69 Å². The first kappa shape index (κ1) is 17.9. The van der Waals surface area contributed by atoms with E-state index in [1.54, 1.807) is 18.2 Å². The van der Waals surface area contributed by atoms with Gasteiger partial charge in [0, 0.05) is 36.5 Å². The molecule has 0 saturated heterocycles. The Balaban J connectivity index is 3.00. The molecule has 0 heterocycles. The quantitative estimate of drug-likeness (QED) is 0.469. The first-order valence-corrected chi connectivity index (χ1v) is 6.93. The third-order valence-corrected chi connectivity index (χ3v) is 3.14. The number of carboxylic acid groups (broad SMARTS) is 1. The minimum Gasteiger partial charge on any atom is -0.496 e. The highest BCUT2D eigenvalue weighted by atomic mass is 16.5. The van der Waals surface area contributed by atoms with E-state index < -0.39 is 5.97 Å². The fourth-order valence-corrected chi connectivity index (χ4v) is 2.19. The lowest BCUT2D eigenvalue weighted by Gasteiger charge is -2.24. The molecule has 0 aliphatic heterocycles. The van der Waals surface area contributed by atoms with Gasteiger partial charge in [0.05, 0.1) is 26.7 Å². The molecule has 0 spiro atoms. The third kappa shape index (κ3) is 5.34. The molecule has 22 heavy (non-hydrogen) atoms. The van der Waals surface area contributed by atoms with Gasteiger partial charge in [-0.3, -0.25) is 4.79 Å². The van der Waals surface area contributed by atoms with Crippen molar-refractivity contribution in [1.82, 2.24) is 0 Å². The number of aliphatic hydroxyl groups excluding tert-OH is 2. The Morgan fingerprint density at radius 2 is 1.91 bits per heavy atom. The van der Waals surface area contributed by atoms with E-state index in [2.05, 4.69) is 0 Å². The predicted octanol–water partition coefficient (Wildman–Crippen LogP) is 0.523. The van der Waals surface area contributed by atoms with Gasteiger partial charge in [0.15, 0.2) is 0 Å². The minimum atomic E-state index is -1.04. The fraction of sp³-hybridized carbons (Fsp3) is 0.467. The number of carbonyl (C=O) groups is 1. The Morgan fingerprint density at radius 3 is 2.41 bits per heavy atom. The second-order valence-corrected chi connectivity index (χ2v) is 4.78. The maximum atomic E-state index is 10.7. The monoisotopic (exact) mass is 310 g/mol. The number of rotatable bonds is 10. The van der Waals surface area contributed by atoms with Crippen LogP contribution in [0.3, 0.4) is 0 Å². The molecule has 0 aliphatic rings. The Kier molecular flexibility index (Phi) is 7.34. The maximum absolute atomic E-state index is 10.7. The molecule has 0 saturated carbocycles. The number of hydrogen-bond acceptors (Lipinski definition) is 6. The maximum Gasteiger partial charge on any atom is 0.309 e. The molecule has 7 nitrogen and oxygen atoms in total. The van der Waals surface area contributed by atoms with Gasteiger partial charge >= 0.3 is 5.97 Å². The van der Waals surface area contributed by atoms with Crippen molar-refractivity contribution < 1.29 is 24.9 Å². The number of carboxylic acids is 1. The first-order valence-electron chi connectivity index (χ1n) is 6.93. The van der Waals surface area contributed by atoms with Crippen molar-refractivity contribution in [3.8, 4) is 5.75 Å². The van der Waals surface area contributed by atoms with Gasteiger partial charge in [-0.15, -0.1) is 0 Å². The molecular formula is C15H22N2O5. The van der Waals surface area contributed by atoms with Crippen molar-refractivity contribution in [3.05, 3.63) is 23.8 Å². The summed E-state index contributed by atoms with van der Waals surface area (Å²) < 4.78 is 5.24. The van der Waals surface area contributed by atoms with Crippen LogP contribution >= 0.6 is 0 Å². The van der Waals surface area contributed by atoms with Gasteiger partial charge in [-0.1, -0.05) is 0 Å².